The van der Waals surface area contributed by atoms with Crippen molar-refractivity contribution in [1.82, 2.24) is 15.1 Å². The number of halogens is 1. The van der Waals surface area contributed by atoms with E-state index in [9.17, 15) is 4.79 Å². The lowest BCUT2D eigenvalue weighted by atomic mass is 10.1. The Morgan fingerprint density at radius 2 is 2.22 bits per heavy atom. The molecule has 1 aromatic heterocycles. The number of carbonyl (C=O) groups is 1. The average molecular weight is 308 g/mol. The van der Waals surface area contributed by atoms with Crippen molar-refractivity contribution in [2.24, 2.45) is 7.05 Å². The first-order valence-corrected chi connectivity index (χ1v) is 6.39. The largest absolute Gasteiger partial charge is 0.346 e. The molecule has 0 aliphatic carbocycles. The molecule has 0 saturated heterocycles. The number of hydrogen-bond donors (Lipinski definition) is 1. The quantitative estimate of drug-likeness (QED) is 0.946. The summed E-state index contributed by atoms with van der Waals surface area (Å²) in [6.07, 6.45) is 1.71. The second kappa shape index (κ2) is 5.35. The molecule has 0 aliphatic rings. The fourth-order valence-corrected chi connectivity index (χ4v) is 2.06. The third kappa shape index (κ3) is 2.61. The minimum Gasteiger partial charge on any atom is -0.346 e. The van der Waals surface area contributed by atoms with Crippen molar-refractivity contribution in [2.75, 3.05) is 0 Å². The van der Waals surface area contributed by atoms with Crippen LogP contribution < -0.4 is 5.32 Å². The molecule has 1 aromatic carbocycles. The number of rotatable bonds is 3. The smallest absolute Gasteiger partial charge is 0.251 e. The molecule has 2 aromatic rings. The van der Waals surface area contributed by atoms with Crippen molar-refractivity contribution in [2.45, 2.75) is 13.5 Å². The molecular formula is C13H14BrN3O. The standard InChI is InChI=1S/C13H14BrN3O/c1-9-11(4-3-5-12(9)14)13(18)15-8-10-6-7-16-17(10)2/h3-7H,8H2,1-2H3,(H,15,18). The SMILES string of the molecule is Cc1c(Br)cccc1C(=O)NCc1ccnn1C. The van der Waals surface area contributed by atoms with Crippen molar-refractivity contribution >= 4 is 21.8 Å². The lowest BCUT2D eigenvalue weighted by Crippen LogP contribution is -2.24. The number of benzene rings is 1. The second-order valence-corrected chi connectivity index (χ2v) is 4.90. The van der Waals surface area contributed by atoms with Crippen LogP contribution in [0.4, 0.5) is 0 Å². The van der Waals surface area contributed by atoms with Crippen molar-refractivity contribution < 1.29 is 4.79 Å². The van der Waals surface area contributed by atoms with Gasteiger partial charge in [-0.1, -0.05) is 22.0 Å². The van der Waals surface area contributed by atoms with E-state index in [2.05, 4.69) is 26.3 Å². The van der Waals surface area contributed by atoms with E-state index in [-0.39, 0.29) is 5.91 Å². The summed E-state index contributed by atoms with van der Waals surface area (Å²) in [5.74, 6) is -0.0741. The van der Waals surface area contributed by atoms with Gasteiger partial charge in [0, 0.05) is 23.3 Å². The van der Waals surface area contributed by atoms with Crippen molar-refractivity contribution in [1.29, 1.82) is 0 Å². The molecule has 0 atom stereocenters. The van der Waals surface area contributed by atoms with Gasteiger partial charge in [0.15, 0.2) is 0 Å². The maximum atomic E-state index is 12.1. The van der Waals surface area contributed by atoms with Gasteiger partial charge in [0.05, 0.1) is 12.2 Å². The van der Waals surface area contributed by atoms with Crippen LogP contribution in [-0.4, -0.2) is 15.7 Å². The van der Waals surface area contributed by atoms with Crippen LogP contribution in [-0.2, 0) is 13.6 Å². The van der Waals surface area contributed by atoms with Gasteiger partial charge >= 0.3 is 0 Å². The van der Waals surface area contributed by atoms with Gasteiger partial charge in [-0.2, -0.15) is 5.10 Å². The van der Waals surface area contributed by atoms with Gasteiger partial charge in [-0.3, -0.25) is 9.48 Å². The molecule has 0 saturated carbocycles. The van der Waals surface area contributed by atoms with Crippen LogP contribution in [0, 0.1) is 6.92 Å². The van der Waals surface area contributed by atoms with Crippen molar-refractivity contribution in [3.63, 3.8) is 0 Å². The van der Waals surface area contributed by atoms with E-state index in [0.29, 0.717) is 12.1 Å². The molecule has 0 fully saturated rings. The lowest BCUT2D eigenvalue weighted by Gasteiger charge is -2.09. The molecular weight excluding hydrogens is 294 g/mol. The first-order valence-electron chi connectivity index (χ1n) is 5.60. The number of amides is 1. The third-order valence-electron chi connectivity index (χ3n) is 2.86. The summed E-state index contributed by atoms with van der Waals surface area (Å²) >= 11 is 3.42. The van der Waals surface area contributed by atoms with Crippen LogP contribution >= 0.6 is 15.9 Å². The number of nitrogens with one attached hydrogen (secondary N) is 1. The maximum Gasteiger partial charge on any atom is 0.251 e. The lowest BCUT2D eigenvalue weighted by molar-refractivity contribution is 0.0949. The summed E-state index contributed by atoms with van der Waals surface area (Å²) in [6, 6.07) is 7.48. The van der Waals surface area contributed by atoms with E-state index in [4.69, 9.17) is 0 Å². The Bertz CT molecular complexity index is 577. The monoisotopic (exact) mass is 307 g/mol. The van der Waals surface area contributed by atoms with Gasteiger partial charge in [0.25, 0.3) is 5.91 Å². The predicted octanol–water partition coefficient (Wildman–Crippen LogP) is 2.42. The van der Waals surface area contributed by atoms with E-state index in [0.717, 1.165) is 15.7 Å². The van der Waals surface area contributed by atoms with E-state index < -0.39 is 0 Å². The van der Waals surface area contributed by atoms with Gasteiger partial charge in [-0.15, -0.1) is 0 Å². The Morgan fingerprint density at radius 3 is 2.89 bits per heavy atom. The van der Waals surface area contributed by atoms with Crippen LogP contribution in [0.1, 0.15) is 21.6 Å². The summed E-state index contributed by atoms with van der Waals surface area (Å²) in [6.45, 7) is 2.39. The van der Waals surface area contributed by atoms with Crippen molar-refractivity contribution in [3.05, 3.63) is 51.8 Å². The highest BCUT2D eigenvalue weighted by atomic mass is 79.9. The minimum absolute atomic E-state index is 0.0741. The molecule has 1 heterocycles. The Morgan fingerprint density at radius 1 is 1.44 bits per heavy atom. The molecule has 1 amide bonds. The second-order valence-electron chi connectivity index (χ2n) is 4.04. The number of aryl methyl sites for hydroxylation is 1. The molecule has 0 spiro atoms. The summed E-state index contributed by atoms with van der Waals surface area (Å²) in [5.41, 5.74) is 2.60. The fourth-order valence-electron chi connectivity index (χ4n) is 1.69. The van der Waals surface area contributed by atoms with Gasteiger partial charge in [-0.05, 0) is 30.7 Å². The highest BCUT2D eigenvalue weighted by Gasteiger charge is 2.10. The van der Waals surface area contributed by atoms with Crippen LogP contribution in [0.15, 0.2) is 34.9 Å². The average Bonchev–Trinajstić information content (AvgIpc) is 2.75. The molecule has 1 N–H and O–H groups in total. The zero-order chi connectivity index (χ0) is 13.1. The summed E-state index contributed by atoms with van der Waals surface area (Å²) in [7, 11) is 1.85. The molecule has 18 heavy (non-hydrogen) atoms. The topological polar surface area (TPSA) is 46.9 Å². The van der Waals surface area contributed by atoms with Gasteiger partial charge in [0.2, 0.25) is 0 Å². The number of nitrogens with zero attached hydrogens (tertiary/aromatic N) is 2. The highest BCUT2D eigenvalue weighted by Crippen LogP contribution is 2.19. The van der Waals surface area contributed by atoms with Crippen LogP contribution in [0.3, 0.4) is 0 Å². The van der Waals surface area contributed by atoms with Crippen LogP contribution in [0.25, 0.3) is 0 Å². The first kappa shape index (κ1) is 12.8. The van der Waals surface area contributed by atoms with Gasteiger partial charge < -0.3 is 5.32 Å². The van der Waals surface area contributed by atoms with E-state index in [1.165, 1.54) is 0 Å². The van der Waals surface area contributed by atoms with Crippen molar-refractivity contribution in [3.8, 4) is 0 Å². The van der Waals surface area contributed by atoms with Crippen LogP contribution in [0.5, 0.6) is 0 Å². The Labute approximate surface area is 114 Å². The number of aromatic nitrogens is 2. The number of hydrogen-bond acceptors (Lipinski definition) is 2. The highest BCUT2D eigenvalue weighted by molar-refractivity contribution is 9.10. The van der Waals surface area contributed by atoms with Crippen LogP contribution in [0.2, 0.25) is 0 Å². The molecule has 0 bridgehead atoms. The predicted molar refractivity (Wildman–Crippen MR) is 73.3 cm³/mol. The first-order chi connectivity index (χ1) is 8.59. The summed E-state index contributed by atoms with van der Waals surface area (Å²) in [4.78, 5) is 12.1. The van der Waals surface area contributed by atoms with E-state index in [1.807, 2.05) is 38.2 Å². The Balaban J connectivity index is 2.09. The van der Waals surface area contributed by atoms with Gasteiger partial charge in [-0.25, -0.2) is 0 Å². The van der Waals surface area contributed by atoms with E-state index >= 15 is 0 Å². The third-order valence-corrected chi connectivity index (χ3v) is 3.72. The molecule has 0 aliphatic heterocycles. The number of carbonyl (C=O) groups excluding carboxylic acids is 1. The normalized spacial score (nSPS) is 10.4. The zero-order valence-electron chi connectivity index (χ0n) is 10.3. The minimum atomic E-state index is -0.0741. The molecule has 2 rings (SSSR count). The van der Waals surface area contributed by atoms with Gasteiger partial charge in [0.1, 0.15) is 0 Å². The molecule has 5 heteroatoms. The molecule has 0 radical (unpaired) electrons. The summed E-state index contributed by atoms with van der Waals surface area (Å²) < 4.78 is 2.68. The molecule has 4 nitrogen and oxygen atoms in total. The zero-order valence-corrected chi connectivity index (χ0v) is 11.9. The fraction of sp³-hybridized carbons (Fsp3) is 0.231. The molecule has 0 unspecified atom stereocenters. The summed E-state index contributed by atoms with van der Waals surface area (Å²) in [5, 5.41) is 6.95. The van der Waals surface area contributed by atoms with E-state index in [1.54, 1.807) is 10.9 Å². The maximum absolute atomic E-state index is 12.1. The Hall–Kier alpha value is -1.62. The molecule has 94 valence electrons. The Kier molecular flexibility index (Phi) is 3.81.